The average molecular weight is 354 g/mol. The van der Waals surface area contributed by atoms with Gasteiger partial charge in [0.2, 0.25) is 0 Å². The number of amides is 1. The quantitative estimate of drug-likeness (QED) is 0.739. The van der Waals surface area contributed by atoms with Crippen molar-refractivity contribution in [1.29, 1.82) is 0 Å². The second kappa shape index (κ2) is 9.34. The fourth-order valence-corrected chi connectivity index (χ4v) is 3.13. The van der Waals surface area contributed by atoms with Gasteiger partial charge in [0, 0.05) is 18.3 Å². The second-order valence-corrected chi connectivity index (χ2v) is 6.64. The topological polar surface area (TPSA) is 60.5 Å². The maximum Gasteiger partial charge on any atom is 0.255 e. The molecule has 26 heavy (non-hydrogen) atoms. The maximum atomic E-state index is 12.8. The summed E-state index contributed by atoms with van der Waals surface area (Å²) in [6.07, 6.45) is 6.48. The Labute approximate surface area is 154 Å². The van der Waals surface area contributed by atoms with Gasteiger partial charge >= 0.3 is 0 Å². The van der Waals surface area contributed by atoms with Crippen molar-refractivity contribution in [3.05, 3.63) is 59.9 Å². The molecule has 138 valence electrons. The van der Waals surface area contributed by atoms with Crippen molar-refractivity contribution in [2.24, 2.45) is 5.92 Å². The van der Waals surface area contributed by atoms with Crippen LogP contribution in [0.25, 0.3) is 0 Å². The molecule has 0 unspecified atom stereocenters. The molecule has 2 aromatic rings. The van der Waals surface area contributed by atoms with Crippen LogP contribution < -0.4 is 10.1 Å². The van der Waals surface area contributed by atoms with E-state index in [1.54, 1.807) is 12.4 Å². The molecule has 1 amide bonds. The Kier molecular flexibility index (Phi) is 6.61. The summed E-state index contributed by atoms with van der Waals surface area (Å²) in [7, 11) is 0. The fourth-order valence-electron chi connectivity index (χ4n) is 3.13. The highest BCUT2D eigenvalue weighted by molar-refractivity contribution is 5.97. The predicted molar refractivity (Wildman–Crippen MR) is 100 cm³/mol. The number of carbonyl (C=O) groups is 1. The van der Waals surface area contributed by atoms with E-state index in [2.05, 4.69) is 17.2 Å². The SMILES string of the molecule is CCCCOc1ccccc1C(=O)N[C@@H]1COC[C@H]1Cc1ccncc1. The molecule has 5 heteroatoms. The van der Waals surface area contributed by atoms with Crippen molar-refractivity contribution < 1.29 is 14.3 Å². The van der Waals surface area contributed by atoms with Gasteiger partial charge in [0.15, 0.2) is 0 Å². The summed E-state index contributed by atoms with van der Waals surface area (Å²) in [4.78, 5) is 16.8. The van der Waals surface area contributed by atoms with Crippen LogP contribution in [0.1, 0.15) is 35.7 Å². The van der Waals surface area contributed by atoms with E-state index in [9.17, 15) is 4.79 Å². The predicted octanol–water partition coefficient (Wildman–Crippen LogP) is 3.25. The molecule has 1 saturated heterocycles. The largest absolute Gasteiger partial charge is 0.493 e. The normalized spacial score (nSPS) is 19.3. The third-order valence-electron chi connectivity index (χ3n) is 4.65. The molecule has 0 aliphatic carbocycles. The molecule has 0 radical (unpaired) electrons. The van der Waals surface area contributed by atoms with Gasteiger partial charge < -0.3 is 14.8 Å². The Morgan fingerprint density at radius 1 is 1.23 bits per heavy atom. The average Bonchev–Trinajstić information content (AvgIpc) is 3.10. The van der Waals surface area contributed by atoms with Crippen LogP contribution in [0.5, 0.6) is 5.75 Å². The fraction of sp³-hybridized carbons (Fsp3) is 0.429. The molecule has 1 N–H and O–H groups in total. The van der Waals surface area contributed by atoms with Crippen molar-refractivity contribution in [3.63, 3.8) is 0 Å². The smallest absolute Gasteiger partial charge is 0.255 e. The number of para-hydroxylation sites is 1. The first-order valence-electron chi connectivity index (χ1n) is 9.27. The van der Waals surface area contributed by atoms with Gasteiger partial charge in [0.05, 0.1) is 31.4 Å². The molecule has 1 fully saturated rings. The van der Waals surface area contributed by atoms with Crippen LogP contribution in [-0.2, 0) is 11.2 Å². The number of rotatable bonds is 8. The number of hydrogen-bond acceptors (Lipinski definition) is 4. The second-order valence-electron chi connectivity index (χ2n) is 6.64. The number of nitrogens with one attached hydrogen (secondary N) is 1. The standard InChI is InChI=1S/C21H26N2O3/c1-2-3-12-26-20-7-5-4-6-18(20)21(24)23-19-15-25-14-17(19)13-16-8-10-22-11-9-16/h4-11,17,19H,2-3,12-15H2,1H3,(H,23,24)/t17-,19-/m1/s1. The molecule has 5 nitrogen and oxygen atoms in total. The summed E-state index contributed by atoms with van der Waals surface area (Å²) in [6, 6.07) is 11.4. The Morgan fingerprint density at radius 2 is 2.04 bits per heavy atom. The van der Waals surface area contributed by atoms with Crippen LogP contribution in [-0.4, -0.2) is 36.8 Å². The van der Waals surface area contributed by atoms with Crippen LogP contribution in [0.4, 0.5) is 0 Å². The molecule has 0 saturated carbocycles. The molecule has 2 heterocycles. The summed E-state index contributed by atoms with van der Waals surface area (Å²) < 4.78 is 11.4. The first-order valence-corrected chi connectivity index (χ1v) is 9.27. The van der Waals surface area contributed by atoms with Gasteiger partial charge in [-0.15, -0.1) is 0 Å². The molecule has 2 atom stereocenters. The van der Waals surface area contributed by atoms with Crippen LogP contribution in [0, 0.1) is 5.92 Å². The molecule has 3 rings (SSSR count). The monoisotopic (exact) mass is 354 g/mol. The van der Waals surface area contributed by atoms with E-state index in [0.29, 0.717) is 31.1 Å². The highest BCUT2D eigenvalue weighted by Crippen LogP contribution is 2.22. The molecule has 1 aromatic heterocycles. The van der Waals surface area contributed by atoms with E-state index < -0.39 is 0 Å². The van der Waals surface area contributed by atoms with Crippen LogP contribution in [0.2, 0.25) is 0 Å². The minimum Gasteiger partial charge on any atom is -0.493 e. The van der Waals surface area contributed by atoms with Crippen molar-refractivity contribution in [3.8, 4) is 5.75 Å². The maximum absolute atomic E-state index is 12.8. The van der Waals surface area contributed by atoms with Gasteiger partial charge in [-0.1, -0.05) is 25.5 Å². The zero-order chi connectivity index (χ0) is 18.2. The summed E-state index contributed by atoms with van der Waals surface area (Å²) >= 11 is 0. The zero-order valence-electron chi connectivity index (χ0n) is 15.2. The lowest BCUT2D eigenvalue weighted by atomic mass is 9.95. The highest BCUT2D eigenvalue weighted by Gasteiger charge is 2.30. The van der Waals surface area contributed by atoms with Crippen molar-refractivity contribution in [2.75, 3.05) is 19.8 Å². The molecule has 1 aromatic carbocycles. The lowest BCUT2D eigenvalue weighted by Crippen LogP contribution is -2.40. The third-order valence-corrected chi connectivity index (χ3v) is 4.65. The Morgan fingerprint density at radius 3 is 2.85 bits per heavy atom. The highest BCUT2D eigenvalue weighted by atomic mass is 16.5. The first kappa shape index (κ1) is 18.4. The number of carbonyl (C=O) groups excluding carboxylic acids is 1. The van der Waals surface area contributed by atoms with Crippen molar-refractivity contribution in [1.82, 2.24) is 10.3 Å². The Hall–Kier alpha value is -2.40. The van der Waals surface area contributed by atoms with Crippen LogP contribution >= 0.6 is 0 Å². The van der Waals surface area contributed by atoms with E-state index in [1.165, 1.54) is 5.56 Å². The number of nitrogens with zero attached hydrogens (tertiary/aromatic N) is 1. The first-order chi connectivity index (χ1) is 12.8. The van der Waals surface area contributed by atoms with Crippen LogP contribution in [0.15, 0.2) is 48.8 Å². The minimum atomic E-state index is -0.104. The van der Waals surface area contributed by atoms with E-state index >= 15 is 0 Å². The minimum absolute atomic E-state index is 0.000590. The van der Waals surface area contributed by atoms with E-state index in [0.717, 1.165) is 19.3 Å². The van der Waals surface area contributed by atoms with E-state index in [-0.39, 0.29) is 17.9 Å². The lowest BCUT2D eigenvalue weighted by Gasteiger charge is -2.20. The summed E-state index contributed by atoms with van der Waals surface area (Å²) in [5.41, 5.74) is 1.79. The van der Waals surface area contributed by atoms with Crippen LogP contribution in [0.3, 0.4) is 0 Å². The molecule has 1 aliphatic heterocycles. The third kappa shape index (κ3) is 4.82. The zero-order valence-corrected chi connectivity index (χ0v) is 15.2. The van der Waals surface area contributed by atoms with Crippen molar-refractivity contribution in [2.45, 2.75) is 32.2 Å². The van der Waals surface area contributed by atoms with Gasteiger partial charge in [0.25, 0.3) is 5.91 Å². The van der Waals surface area contributed by atoms with Gasteiger partial charge in [-0.3, -0.25) is 9.78 Å². The summed E-state index contributed by atoms with van der Waals surface area (Å²) in [5, 5.41) is 3.14. The molecular formula is C21H26N2O3. The number of aromatic nitrogens is 1. The lowest BCUT2D eigenvalue weighted by molar-refractivity contribution is 0.0921. The summed E-state index contributed by atoms with van der Waals surface area (Å²) in [6.45, 7) is 3.94. The van der Waals surface area contributed by atoms with Crippen molar-refractivity contribution >= 4 is 5.91 Å². The summed E-state index contributed by atoms with van der Waals surface area (Å²) in [5.74, 6) is 0.796. The number of pyridine rings is 1. The Bertz CT molecular complexity index is 705. The molecule has 0 bridgehead atoms. The van der Waals surface area contributed by atoms with E-state index in [4.69, 9.17) is 9.47 Å². The van der Waals surface area contributed by atoms with Gasteiger partial charge in [0.1, 0.15) is 5.75 Å². The molecule has 1 aliphatic rings. The van der Waals surface area contributed by atoms with Gasteiger partial charge in [-0.2, -0.15) is 0 Å². The molecule has 0 spiro atoms. The number of ether oxygens (including phenoxy) is 2. The number of unbranched alkanes of at least 4 members (excludes halogenated alkanes) is 1. The van der Waals surface area contributed by atoms with E-state index in [1.807, 2.05) is 36.4 Å². The van der Waals surface area contributed by atoms with Gasteiger partial charge in [-0.05, 0) is 42.7 Å². The number of benzene rings is 1. The molecular weight excluding hydrogens is 328 g/mol. The van der Waals surface area contributed by atoms with Gasteiger partial charge in [-0.25, -0.2) is 0 Å². The Balaban J connectivity index is 1.63. The number of hydrogen-bond donors (Lipinski definition) is 1.